The number of ether oxygens (including phenoxy) is 2. The van der Waals surface area contributed by atoms with Crippen LogP contribution in [0.2, 0.25) is 0 Å². The third-order valence-electron chi connectivity index (χ3n) is 3.36. The highest BCUT2D eigenvalue weighted by Gasteiger charge is 2.49. The van der Waals surface area contributed by atoms with Gasteiger partial charge in [-0.3, -0.25) is 18.6 Å². The van der Waals surface area contributed by atoms with Crippen molar-refractivity contribution >= 4 is 25.8 Å². The molecule has 0 radical (unpaired) electrons. The summed E-state index contributed by atoms with van der Waals surface area (Å²) < 4.78 is 36.8. The SMILES string of the molecule is CCNC(=O)OCO[P@]1(=O)OCC(C)(C)[C@H](C(=O)NCCC(=O)OC)O1. The van der Waals surface area contributed by atoms with Gasteiger partial charge in [-0.05, 0) is 6.92 Å². The van der Waals surface area contributed by atoms with Crippen LogP contribution in [-0.4, -0.2) is 57.7 Å². The van der Waals surface area contributed by atoms with Gasteiger partial charge in [0.25, 0.3) is 0 Å². The molecule has 2 amide bonds. The number of esters is 1. The van der Waals surface area contributed by atoms with Gasteiger partial charge in [0.15, 0.2) is 6.10 Å². The summed E-state index contributed by atoms with van der Waals surface area (Å²) in [7, 11) is -2.85. The summed E-state index contributed by atoms with van der Waals surface area (Å²) in [5.41, 5.74) is -0.799. The van der Waals surface area contributed by atoms with E-state index in [-0.39, 0.29) is 19.6 Å². The minimum absolute atomic E-state index is 0.0135. The van der Waals surface area contributed by atoms with E-state index in [1.807, 2.05) is 0 Å². The molecule has 0 spiro atoms. The third-order valence-corrected chi connectivity index (χ3v) is 4.69. The van der Waals surface area contributed by atoms with Crippen LogP contribution in [0.1, 0.15) is 27.2 Å². The summed E-state index contributed by atoms with van der Waals surface area (Å²) in [4.78, 5) is 34.6. The Balaban J connectivity index is 2.60. The topological polar surface area (TPSA) is 138 Å². The highest BCUT2D eigenvalue weighted by Crippen LogP contribution is 2.57. The van der Waals surface area contributed by atoms with Crippen LogP contribution in [0.15, 0.2) is 0 Å². The van der Waals surface area contributed by atoms with Crippen LogP contribution in [0.4, 0.5) is 4.79 Å². The zero-order valence-electron chi connectivity index (χ0n) is 15.2. The maximum absolute atomic E-state index is 12.5. The molecular weight excluding hydrogens is 371 g/mol. The quantitative estimate of drug-likeness (QED) is 0.348. The molecule has 0 unspecified atom stereocenters. The smallest absolute Gasteiger partial charge is 0.469 e. The molecule has 1 aliphatic heterocycles. The molecule has 1 heterocycles. The highest BCUT2D eigenvalue weighted by molar-refractivity contribution is 7.48. The van der Waals surface area contributed by atoms with Crippen LogP contribution in [0, 0.1) is 5.41 Å². The van der Waals surface area contributed by atoms with Gasteiger partial charge in [-0.2, -0.15) is 0 Å². The van der Waals surface area contributed by atoms with Crippen molar-refractivity contribution in [2.75, 3.05) is 33.6 Å². The number of hydrogen-bond acceptors (Lipinski definition) is 9. The van der Waals surface area contributed by atoms with Gasteiger partial charge in [0, 0.05) is 18.5 Å². The predicted molar refractivity (Wildman–Crippen MR) is 88.0 cm³/mol. The first-order chi connectivity index (χ1) is 12.1. The van der Waals surface area contributed by atoms with Crippen LogP contribution in [-0.2, 0) is 37.2 Å². The fourth-order valence-corrected chi connectivity index (χ4v) is 3.42. The molecule has 1 rings (SSSR count). The van der Waals surface area contributed by atoms with Crippen molar-refractivity contribution in [1.29, 1.82) is 0 Å². The zero-order chi connectivity index (χ0) is 19.8. The third kappa shape index (κ3) is 6.91. The largest absolute Gasteiger partial charge is 0.478 e. The Labute approximate surface area is 151 Å². The molecule has 12 heteroatoms. The number of phosphoric acid groups is 1. The lowest BCUT2D eigenvalue weighted by Gasteiger charge is -2.39. The van der Waals surface area contributed by atoms with Gasteiger partial charge >= 0.3 is 19.9 Å². The van der Waals surface area contributed by atoms with E-state index in [0.29, 0.717) is 6.54 Å². The summed E-state index contributed by atoms with van der Waals surface area (Å²) in [5.74, 6) is -1.05. The summed E-state index contributed by atoms with van der Waals surface area (Å²) >= 11 is 0. The lowest BCUT2D eigenvalue weighted by atomic mass is 9.87. The standard InChI is InChI=1S/C14H25N2O9P/c1-5-15-13(19)22-9-24-26(20)23-8-14(2,3)11(25-26)12(18)16-7-6-10(17)21-4/h11H,5-9H2,1-4H3,(H,15,19)(H,16,18)/t11-,26-/m0/s1. The first kappa shape index (κ1) is 22.4. The Morgan fingerprint density at radius 1 is 1.27 bits per heavy atom. The molecular formula is C14H25N2O9P. The molecule has 26 heavy (non-hydrogen) atoms. The molecule has 0 aromatic heterocycles. The van der Waals surface area contributed by atoms with Gasteiger partial charge in [-0.25, -0.2) is 13.9 Å². The number of carbonyl (C=O) groups excluding carboxylic acids is 3. The minimum atomic E-state index is -4.09. The molecule has 11 nitrogen and oxygen atoms in total. The second kappa shape index (κ2) is 9.86. The number of alkyl carbamates (subject to hydrolysis) is 1. The lowest BCUT2D eigenvalue weighted by Crippen LogP contribution is -2.50. The van der Waals surface area contributed by atoms with Gasteiger partial charge in [-0.15, -0.1) is 0 Å². The first-order valence-electron chi connectivity index (χ1n) is 7.96. The molecule has 0 aromatic carbocycles. The molecule has 2 atom stereocenters. The Bertz CT molecular complexity index is 567. The summed E-state index contributed by atoms with van der Waals surface area (Å²) in [5, 5.41) is 4.87. The molecule has 0 aliphatic carbocycles. The van der Waals surface area contributed by atoms with Gasteiger partial charge in [0.05, 0.1) is 20.1 Å². The lowest BCUT2D eigenvalue weighted by molar-refractivity contribution is -0.144. The molecule has 150 valence electrons. The number of amides is 2. The zero-order valence-corrected chi connectivity index (χ0v) is 16.1. The minimum Gasteiger partial charge on any atom is -0.469 e. The summed E-state index contributed by atoms with van der Waals surface area (Å²) in [6.07, 6.45) is -1.92. The molecule has 2 N–H and O–H groups in total. The number of methoxy groups -OCH3 is 1. The Morgan fingerprint density at radius 3 is 2.58 bits per heavy atom. The maximum atomic E-state index is 12.5. The van der Waals surface area contributed by atoms with Crippen molar-refractivity contribution in [3.8, 4) is 0 Å². The molecule has 1 fully saturated rings. The Morgan fingerprint density at radius 2 is 1.96 bits per heavy atom. The van der Waals surface area contributed by atoms with E-state index in [1.165, 1.54) is 7.11 Å². The van der Waals surface area contributed by atoms with Gasteiger partial charge in [-0.1, -0.05) is 13.8 Å². The predicted octanol–water partition coefficient (Wildman–Crippen LogP) is 0.936. The average Bonchev–Trinajstić information content (AvgIpc) is 2.57. The van der Waals surface area contributed by atoms with Gasteiger partial charge < -0.3 is 20.1 Å². The number of rotatable bonds is 8. The normalized spacial score (nSPS) is 24.4. The number of carbonyl (C=O) groups is 3. The van der Waals surface area contributed by atoms with E-state index in [2.05, 4.69) is 20.1 Å². The number of phosphoric ester groups is 1. The van der Waals surface area contributed by atoms with E-state index >= 15 is 0 Å². The first-order valence-corrected chi connectivity index (χ1v) is 9.42. The van der Waals surface area contributed by atoms with Crippen LogP contribution in [0.25, 0.3) is 0 Å². The summed E-state index contributed by atoms with van der Waals surface area (Å²) in [6, 6.07) is 0. The second-order valence-electron chi connectivity index (χ2n) is 6.02. The fourth-order valence-electron chi connectivity index (χ4n) is 1.92. The van der Waals surface area contributed by atoms with Crippen molar-refractivity contribution in [2.45, 2.75) is 33.3 Å². The average molecular weight is 396 g/mol. The molecule has 1 saturated heterocycles. The van der Waals surface area contributed by atoms with E-state index in [0.717, 1.165) is 0 Å². The van der Waals surface area contributed by atoms with Crippen molar-refractivity contribution in [1.82, 2.24) is 10.6 Å². The summed E-state index contributed by atoms with van der Waals surface area (Å²) in [6.45, 7) is 4.71. The maximum Gasteiger partial charge on any atom is 0.478 e. The Kier molecular flexibility index (Phi) is 8.48. The van der Waals surface area contributed by atoms with Crippen molar-refractivity contribution in [3.05, 3.63) is 0 Å². The van der Waals surface area contributed by atoms with Crippen LogP contribution >= 0.6 is 7.82 Å². The van der Waals surface area contributed by atoms with E-state index in [4.69, 9.17) is 13.6 Å². The van der Waals surface area contributed by atoms with Crippen molar-refractivity contribution in [3.63, 3.8) is 0 Å². The van der Waals surface area contributed by atoms with E-state index in [1.54, 1.807) is 20.8 Å². The van der Waals surface area contributed by atoms with Crippen LogP contribution in [0.3, 0.4) is 0 Å². The molecule has 1 aliphatic rings. The van der Waals surface area contributed by atoms with Crippen molar-refractivity contribution < 1.29 is 42.0 Å². The van der Waals surface area contributed by atoms with E-state index < -0.39 is 44.1 Å². The van der Waals surface area contributed by atoms with E-state index in [9.17, 15) is 18.9 Å². The van der Waals surface area contributed by atoms with Gasteiger partial charge in [0.1, 0.15) is 0 Å². The van der Waals surface area contributed by atoms with Crippen LogP contribution in [0.5, 0.6) is 0 Å². The van der Waals surface area contributed by atoms with Crippen LogP contribution < -0.4 is 10.6 Å². The highest BCUT2D eigenvalue weighted by atomic mass is 31.2. The fraction of sp³-hybridized carbons (Fsp3) is 0.786. The number of hydrogen-bond donors (Lipinski definition) is 2. The molecule has 0 saturated carbocycles. The second-order valence-corrected chi connectivity index (χ2v) is 7.64. The Hall–Kier alpha value is -1.68. The molecule has 0 bridgehead atoms. The molecule has 0 aromatic rings. The number of nitrogens with one attached hydrogen (secondary N) is 2. The van der Waals surface area contributed by atoms with Gasteiger partial charge in [0.2, 0.25) is 12.7 Å². The monoisotopic (exact) mass is 396 g/mol. The van der Waals surface area contributed by atoms with Crippen molar-refractivity contribution in [2.24, 2.45) is 5.41 Å².